The van der Waals surface area contributed by atoms with Crippen molar-refractivity contribution in [1.29, 1.82) is 0 Å². The van der Waals surface area contributed by atoms with Gasteiger partial charge in [0.25, 0.3) is 5.91 Å². The summed E-state index contributed by atoms with van der Waals surface area (Å²) in [5, 5.41) is 0. The van der Waals surface area contributed by atoms with Crippen LogP contribution in [0, 0.1) is 6.92 Å². The Bertz CT molecular complexity index is 1150. The minimum atomic E-state index is -0.523. The number of ether oxygens (including phenoxy) is 3. The average molecular weight is 479 g/mol. The fourth-order valence-corrected chi connectivity index (χ4v) is 3.88. The largest absolute Gasteiger partial charge is 0.490 e. The third-order valence-electron chi connectivity index (χ3n) is 5.79. The molecule has 1 aliphatic heterocycles. The molecule has 1 aromatic heterocycles. The number of carbonyl (C=O) groups excluding carboxylic acids is 2. The van der Waals surface area contributed by atoms with Crippen molar-refractivity contribution in [2.45, 2.75) is 39.7 Å². The summed E-state index contributed by atoms with van der Waals surface area (Å²) >= 11 is 0. The summed E-state index contributed by atoms with van der Waals surface area (Å²) in [4.78, 5) is 31.4. The van der Waals surface area contributed by atoms with E-state index in [4.69, 9.17) is 18.6 Å². The van der Waals surface area contributed by atoms with Crippen LogP contribution in [0.1, 0.15) is 48.0 Å². The first-order chi connectivity index (χ1) is 17.0. The predicted molar refractivity (Wildman–Crippen MR) is 129 cm³/mol. The van der Waals surface area contributed by atoms with Crippen LogP contribution in [0.15, 0.2) is 52.9 Å². The van der Waals surface area contributed by atoms with Crippen LogP contribution in [-0.4, -0.2) is 48.1 Å². The van der Waals surface area contributed by atoms with Gasteiger partial charge >= 0.3 is 5.97 Å². The Morgan fingerprint density at radius 2 is 1.77 bits per heavy atom. The van der Waals surface area contributed by atoms with E-state index >= 15 is 0 Å². The summed E-state index contributed by atoms with van der Waals surface area (Å²) in [6.45, 7) is 5.45. The van der Waals surface area contributed by atoms with Gasteiger partial charge in [0.15, 0.2) is 18.1 Å². The number of piperidine rings is 1. The van der Waals surface area contributed by atoms with Gasteiger partial charge < -0.3 is 23.5 Å². The summed E-state index contributed by atoms with van der Waals surface area (Å²) in [7, 11) is 0. The Labute approximate surface area is 204 Å². The maximum atomic E-state index is 12.7. The van der Waals surface area contributed by atoms with Crippen molar-refractivity contribution in [2.75, 3.05) is 26.3 Å². The number of aryl methyl sites for hydroxylation is 1. The molecule has 0 spiro atoms. The topological polar surface area (TPSA) is 91.1 Å². The van der Waals surface area contributed by atoms with Gasteiger partial charge in [-0.1, -0.05) is 18.2 Å². The molecule has 1 saturated heterocycles. The van der Waals surface area contributed by atoms with Gasteiger partial charge in [-0.3, -0.25) is 4.79 Å². The highest BCUT2D eigenvalue weighted by molar-refractivity contribution is 5.90. The van der Waals surface area contributed by atoms with Crippen molar-refractivity contribution in [3.63, 3.8) is 0 Å². The van der Waals surface area contributed by atoms with Crippen LogP contribution in [0.3, 0.4) is 0 Å². The third kappa shape index (κ3) is 6.20. The first-order valence-corrected chi connectivity index (χ1v) is 11.9. The van der Waals surface area contributed by atoms with Crippen LogP contribution in [0.2, 0.25) is 0 Å². The predicted octanol–water partition coefficient (Wildman–Crippen LogP) is 4.80. The maximum absolute atomic E-state index is 12.7. The molecule has 2 heterocycles. The molecular formula is C27H30N2O6. The number of amides is 1. The van der Waals surface area contributed by atoms with Crippen molar-refractivity contribution in [3.05, 3.63) is 65.5 Å². The second-order valence-electron chi connectivity index (χ2n) is 8.29. The van der Waals surface area contributed by atoms with Crippen molar-refractivity contribution < 1.29 is 28.2 Å². The Morgan fingerprint density at radius 1 is 1.00 bits per heavy atom. The lowest BCUT2D eigenvalue weighted by Crippen LogP contribution is -2.38. The van der Waals surface area contributed by atoms with Gasteiger partial charge in [-0.2, -0.15) is 0 Å². The number of oxazole rings is 1. The zero-order valence-electron chi connectivity index (χ0n) is 20.1. The molecule has 184 valence electrons. The lowest BCUT2D eigenvalue weighted by Gasteiger charge is -2.26. The van der Waals surface area contributed by atoms with E-state index in [0.29, 0.717) is 41.0 Å². The SMILES string of the molecule is CCOc1cc(C(=O)OCc2nc(-c3ccccc3)oc2C)ccc1OCC(=O)N1CCCCC1. The van der Waals surface area contributed by atoms with E-state index in [-0.39, 0.29) is 19.1 Å². The van der Waals surface area contributed by atoms with Crippen LogP contribution < -0.4 is 9.47 Å². The fraction of sp³-hybridized carbons (Fsp3) is 0.370. The summed E-state index contributed by atoms with van der Waals surface area (Å²) < 4.78 is 22.6. The van der Waals surface area contributed by atoms with E-state index in [0.717, 1.165) is 37.9 Å². The van der Waals surface area contributed by atoms with Gasteiger partial charge in [0.1, 0.15) is 18.1 Å². The standard InChI is InChI=1S/C27H30N2O6/c1-3-32-24-16-21(12-13-23(24)33-18-25(30)29-14-8-5-9-15-29)27(31)34-17-22-19(2)35-26(28-22)20-10-6-4-7-11-20/h4,6-7,10-13,16H,3,5,8-9,14-15,17-18H2,1-2H3. The van der Waals surface area contributed by atoms with Gasteiger partial charge in [0, 0.05) is 18.7 Å². The Balaban J connectivity index is 1.38. The molecule has 0 bridgehead atoms. The van der Waals surface area contributed by atoms with Gasteiger partial charge in [0.2, 0.25) is 5.89 Å². The second kappa shape index (κ2) is 11.6. The molecule has 8 heteroatoms. The van der Waals surface area contributed by atoms with E-state index in [1.165, 1.54) is 0 Å². The lowest BCUT2D eigenvalue weighted by atomic mass is 10.1. The van der Waals surface area contributed by atoms with Crippen LogP contribution in [0.4, 0.5) is 0 Å². The zero-order chi connectivity index (χ0) is 24.6. The molecule has 0 saturated carbocycles. The van der Waals surface area contributed by atoms with E-state index in [1.807, 2.05) is 42.2 Å². The van der Waals surface area contributed by atoms with Gasteiger partial charge in [-0.25, -0.2) is 9.78 Å². The number of benzene rings is 2. The van der Waals surface area contributed by atoms with Crippen LogP contribution in [0.5, 0.6) is 11.5 Å². The van der Waals surface area contributed by atoms with Crippen LogP contribution in [0.25, 0.3) is 11.5 Å². The molecule has 8 nitrogen and oxygen atoms in total. The van der Waals surface area contributed by atoms with Crippen LogP contribution in [-0.2, 0) is 16.1 Å². The summed E-state index contributed by atoms with van der Waals surface area (Å²) in [6, 6.07) is 14.3. The number of aromatic nitrogens is 1. The lowest BCUT2D eigenvalue weighted by molar-refractivity contribution is -0.134. The first kappa shape index (κ1) is 24.3. The Kier molecular flexibility index (Phi) is 8.03. The third-order valence-corrected chi connectivity index (χ3v) is 5.79. The number of nitrogens with zero attached hydrogens (tertiary/aromatic N) is 2. The Hall–Kier alpha value is -3.81. The first-order valence-electron chi connectivity index (χ1n) is 11.9. The average Bonchev–Trinajstić information content (AvgIpc) is 3.27. The number of esters is 1. The van der Waals surface area contributed by atoms with Gasteiger partial charge in [0.05, 0.1) is 12.2 Å². The molecule has 3 aromatic rings. The molecule has 0 radical (unpaired) electrons. The minimum Gasteiger partial charge on any atom is -0.490 e. The number of hydrogen-bond acceptors (Lipinski definition) is 7. The molecule has 2 aromatic carbocycles. The molecule has 0 unspecified atom stereocenters. The van der Waals surface area contributed by atoms with Crippen molar-refractivity contribution in [3.8, 4) is 23.0 Å². The minimum absolute atomic E-state index is 0.0203. The molecule has 4 rings (SSSR count). The van der Waals surface area contributed by atoms with Gasteiger partial charge in [-0.05, 0) is 63.4 Å². The van der Waals surface area contributed by atoms with Crippen molar-refractivity contribution in [2.24, 2.45) is 0 Å². The second-order valence-corrected chi connectivity index (χ2v) is 8.29. The monoisotopic (exact) mass is 478 g/mol. The van der Waals surface area contributed by atoms with Crippen molar-refractivity contribution >= 4 is 11.9 Å². The van der Waals surface area contributed by atoms with E-state index < -0.39 is 5.97 Å². The fourth-order valence-electron chi connectivity index (χ4n) is 3.88. The molecule has 35 heavy (non-hydrogen) atoms. The molecule has 0 aliphatic carbocycles. The molecule has 0 N–H and O–H groups in total. The smallest absolute Gasteiger partial charge is 0.338 e. The molecular weight excluding hydrogens is 448 g/mol. The molecule has 1 fully saturated rings. The maximum Gasteiger partial charge on any atom is 0.338 e. The quantitative estimate of drug-likeness (QED) is 0.408. The number of rotatable bonds is 9. The number of hydrogen-bond donors (Lipinski definition) is 0. The Morgan fingerprint density at radius 3 is 2.51 bits per heavy atom. The zero-order valence-corrected chi connectivity index (χ0v) is 20.1. The number of likely N-dealkylation sites (tertiary alicyclic amines) is 1. The molecule has 1 aliphatic rings. The van der Waals surface area contributed by atoms with E-state index in [2.05, 4.69) is 4.98 Å². The van der Waals surface area contributed by atoms with E-state index in [9.17, 15) is 9.59 Å². The highest BCUT2D eigenvalue weighted by Crippen LogP contribution is 2.29. The molecule has 1 amide bonds. The highest BCUT2D eigenvalue weighted by Gasteiger charge is 2.19. The summed E-state index contributed by atoms with van der Waals surface area (Å²) in [5.74, 6) is 1.30. The summed E-state index contributed by atoms with van der Waals surface area (Å²) in [5.41, 5.74) is 1.72. The number of carbonyl (C=O) groups is 2. The highest BCUT2D eigenvalue weighted by atomic mass is 16.5. The van der Waals surface area contributed by atoms with Crippen molar-refractivity contribution in [1.82, 2.24) is 9.88 Å². The normalized spacial score (nSPS) is 13.4. The van der Waals surface area contributed by atoms with Gasteiger partial charge in [-0.15, -0.1) is 0 Å². The summed E-state index contributed by atoms with van der Waals surface area (Å²) in [6.07, 6.45) is 3.20. The van der Waals surface area contributed by atoms with Crippen LogP contribution >= 0.6 is 0 Å². The molecule has 0 atom stereocenters. The van der Waals surface area contributed by atoms with E-state index in [1.54, 1.807) is 25.1 Å².